The van der Waals surface area contributed by atoms with Crippen LogP contribution in [-0.2, 0) is 9.53 Å². The molecule has 0 saturated heterocycles. The van der Waals surface area contributed by atoms with E-state index in [0.717, 1.165) is 0 Å². The summed E-state index contributed by atoms with van der Waals surface area (Å²) in [5.41, 5.74) is 0. The molecule has 6 heteroatoms. The number of hydrogen-bond donors (Lipinski definition) is 3. The summed E-state index contributed by atoms with van der Waals surface area (Å²) in [6.45, 7) is 7.95. The number of amides is 2. The molecule has 0 aromatic heterocycles. The van der Waals surface area contributed by atoms with E-state index in [0.29, 0.717) is 45.1 Å². The van der Waals surface area contributed by atoms with Crippen LogP contribution >= 0.6 is 0 Å². The number of carbonyl (C=O) groups excluding carboxylic acids is 1. The van der Waals surface area contributed by atoms with Gasteiger partial charge in [0.2, 0.25) is 0 Å². The molecule has 0 aliphatic rings. The molecular formula is C13H26N2O4. The highest BCUT2D eigenvalue weighted by Gasteiger charge is 2.09. The second kappa shape index (κ2) is 10.6. The summed E-state index contributed by atoms with van der Waals surface area (Å²) in [6, 6.07) is -0.240. The lowest BCUT2D eigenvalue weighted by Gasteiger charge is -2.10. The van der Waals surface area contributed by atoms with Crippen molar-refractivity contribution < 1.29 is 19.4 Å². The second-order valence-corrected chi connectivity index (χ2v) is 5.03. The van der Waals surface area contributed by atoms with Gasteiger partial charge < -0.3 is 20.5 Å². The Hall–Kier alpha value is -1.30. The van der Waals surface area contributed by atoms with Crippen LogP contribution in [0.5, 0.6) is 0 Å². The summed E-state index contributed by atoms with van der Waals surface area (Å²) < 4.78 is 5.32. The molecule has 0 bridgehead atoms. The molecule has 0 aliphatic heterocycles. The van der Waals surface area contributed by atoms with Gasteiger partial charge in [-0.1, -0.05) is 20.8 Å². The van der Waals surface area contributed by atoms with Gasteiger partial charge in [0, 0.05) is 19.7 Å². The molecule has 112 valence electrons. The topological polar surface area (TPSA) is 87.7 Å². The van der Waals surface area contributed by atoms with Gasteiger partial charge >= 0.3 is 12.0 Å². The predicted molar refractivity (Wildman–Crippen MR) is 73.1 cm³/mol. The van der Waals surface area contributed by atoms with Crippen LogP contribution in [0.15, 0.2) is 0 Å². The van der Waals surface area contributed by atoms with E-state index in [9.17, 15) is 9.59 Å². The fraction of sp³-hybridized carbons (Fsp3) is 0.846. The van der Waals surface area contributed by atoms with Crippen molar-refractivity contribution in [1.82, 2.24) is 10.6 Å². The first-order chi connectivity index (χ1) is 8.93. The number of nitrogens with one attached hydrogen (secondary N) is 2. The highest BCUT2D eigenvalue weighted by molar-refractivity contribution is 5.73. The molecule has 19 heavy (non-hydrogen) atoms. The molecule has 0 spiro atoms. The quantitative estimate of drug-likeness (QED) is 0.526. The van der Waals surface area contributed by atoms with E-state index in [1.165, 1.54) is 0 Å². The molecule has 3 N–H and O–H groups in total. The van der Waals surface area contributed by atoms with Crippen LogP contribution < -0.4 is 10.6 Å². The van der Waals surface area contributed by atoms with Gasteiger partial charge in [-0.15, -0.1) is 0 Å². The Morgan fingerprint density at radius 2 is 1.79 bits per heavy atom. The molecule has 2 amide bonds. The van der Waals surface area contributed by atoms with Crippen molar-refractivity contribution in [3.63, 3.8) is 0 Å². The summed E-state index contributed by atoms with van der Waals surface area (Å²) in [5, 5.41) is 14.0. The van der Waals surface area contributed by atoms with Crippen molar-refractivity contribution in [3.05, 3.63) is 0 Å². The molecule has 0 rings (SSSR count). The third-order valence-corrected chi connectivity index (χ3v) is 2.50. The lowest BCUT2D eigenvalue weighted by Crippen LogP contribution is -2.38. The van der Waals surface area contributed by atoms with Gasteiger partial charge in [0.1, 0.15) is 0 Å². The first-order valence-corrected chi connectivity index (χ1v) is 6.75. The summed E-state index contributed by atoms with van der Waals surface area (Å²) in [4.78, 5) is 21.9. The molecule has 0 radical (unpaired) electrons. The van der Waals surface area contributed by atoms with Crippen molar-refractivity contribution >= 4 is 12.0 Å². The first-order valence-electron chi connectivity index (χ1n) is 6.75. The van der Waals surface area contributed by atoms with E-state index < -0.39 is 5.97 Å². The highest BCUT2D eigenvalue weighted by atomic mass is 16.5. The van der Waals surface area contributed by atoms with Crippen molar-refractivity contribution in [2.75, 3.05) is 26.3 Å². The molecule has 6 nitrogen and oxygen atoms in total. The predicted octanol–water partition coefficient (Wildman–Crippen LogP) is 1.46. The summed E-state index contributed by atoms with van der Waals surface area (Å²) >= 11 is 0. The smallest absolute Gasteiger partial charge is 0.314 e. The highest BCUT2D eigenvalue weighted by Crippen LogP contribution is 2.03. The molecule has 0 aromatic carbocycles. The average molecular weight is 274 g/mol. The lowest BCUT2D eigenvalue weighted by molar-refractivity contribution is -0.141. The molecule has 1 atom stereocenters. The van der Waals surface area contributed by atoms with Gasteiger partial charge in [-0.25, -0.2) is 4.79 Å². The lowest BCUT2D eigenvalue weighted by atomic mass is 10.1. The van der Waals surface area contributed by atoms with E-state index in [1.807, 2.05) is 0 Å². The molecule has 0 aliphatic carbocycles. The van der Waals surface area contributed by atoms with E-state index in [4.69, 9.17) is 9.84 Å². The van der Waals surface area contributed by atoms with Crippen molar-refractivity contribution in [2.45, 2.75) is 33.6 Å². The Morgan fingerprint density at radius 3 is 2.37 bits per heavy atom. The minimum absolute atomic E-state index is 0.240. The Morgan fingerprint density at radius 1 is 1.16 bits per heavy atom. The number of aliphatic carboxylic acids is 1. The van der Waals surface area contributed by atoms with E-state index in [2.05, 4.69) is 24.5 Å². The fourth-order valence-electron chi connectivity index (χ4n) is 1.35. The van der Waals surface area contributed by atoms with Gasteiger partial charge in [-0.3, -0.25) is 4.79 Å². The number of carbonyl (C=O) groups is 2. The Labute approximate surface area is 114 Å². The maximum absolute atomic E-state index is 11.3. The number of carboxylic acid groups (broad SMARTS) is 1. The Balaban J connectivity index is 3.37. The standard InChI is InChI=1S/C13H26N2O4/c1-10(2)9-19-8-7-15-13(18)14-6-4-5-11(3)12(16)17/h10-11H,4-9H2,1-3H3,(H,16,17)(H2,14,15,18). The maximum atomic E-state index is 11.3. The van der Waals surface area contributed by atoms with Crippen molar-refractivity contribution in [3.8, 4) is 0 Å². The van der Waals surface area contributed by atoms with Crippen molar-refractivity contribution in [2.24, 2.45) is 11.8 Å². The zero-order valence-electron chi connectivity index (χ0n) is 12.1. The molecular weight excluding hydrogens is 248 g/mol. The van der Waals surface area contributed by atoms with Gasteiger partial charge in [0.05, 0.1) is 12.5 Å². The molecule has 0 heterocycles. The van der Waals surface area contributed by atoms with Gasteiger partial charge in [0.15, 0.2) is 0 Å². The van der Waals surface area contributed by atoms with Crippen molar-refractivity contribution in [1.29, 1.82) is 0 Å². The number of ether oxygens (including phenoxy) is 1. The van der Waals surface area contributed by atoms with Crippen LogP contribution in [0.3, 0.4) is 0 Å². The van der Waals surface area contributed by atoms with E-state index >= 15 is 0 Å². The first kappa shape index (κ1) is 17.7. The van der Waals surface area contributed by atoms with Crippen LogP contribution in [0, 0.1) is 11.8 Å². The third kappa shape index (κ3) is 11.5. The van der Waals surface area contributed by atoms with Crippen LogP contribution in [-0.4, -0.2) is 43.4 Å². The van der Waals surface area contributed by atoms with Gasteiger partial charge in [-0.05, 0) is 18.8 Å². The molecule has 1 unspecified atom stereocenters. The van der Waals surface area contributed by atoms with Gasteiger partial charge in [0.25, 0.3) is 0 Å². The number of hydrogen-bond acceptors (Lipinski definition) is 3. The molecule has 0 aromatic rings. The Kier molecular flexibility index (Phi) is 9.88. The zero-order chi connectivity index (χ0) is 14.7. The average Bonchev–Trinajstić information content (AvgIpc) is 2.33. The SMILES string of the molecule is CC(C)COCCNC(=O)NCCCC(C)C(=O)O. The summed E-state index contributed by atoms with van der Waals surface area (Å²) in [5.74, 6) is -0.675. The monoisotopic (exact) mass is 274 g/mol. The largest absolute Gasteiger partial charge is 0.481 e. The zero-order valence-corrected chi connectivity index (χ0v) is 12.1. The maximum Gasteiger partial charge on any atom is 0.314 e. The normalized spacial score (nSPS) is 12.2. The summed E-state index contributed by atoms with van der Waals surface area (Å²) in [6.07, 6.45) is 1.22. The minimum atomic E-state index is -0.799. The van der Waals surface area contributed by atoms with Crippen LogP contribution in [0.25, 0.3) is 0 Å². The van der Waals surface area contributed by atoms with E-state index in [-0.39, 0.29) is 11.9 Å². The minimum Gasteiger partial charge on any atom is -0.481 e. The fourth-order valence-corrected chi connectivity index (χ4v) is 1.35. The van der Waals surface area contributed by atoms with Gasteiger partial charge in [-0.2, -0.15) is 0 Å². The van der Waals surface area contributed by atoms with Crippen LogP contribution in [0.1, 0.15) is 33.6 Å². The Bertz CT molecular complexity index is 269. The number of rotatable bonds is 10. The molecule has 0 saturated carbocycles. The third-order valence-electron chi connectivity index (χ3n) is 2.50. The number of urea groups is 1. The van der Waals surface area contributed by atoms with Crippen LogP contribution in [0.4, 0.5) is 4.79 Å². The van der Waals surface area contributed by atoms with Crippen LogP contribution in [0.2, 0.25) is 0 Å². The number of carboxylic acids is 1. The van der Waals surface area contributed by atoms with E-state index in [1.54, 1.807) is 6.92 Å². The molecule has 0 fully saturated rings. The summed E-state index contributed by atoms with van der Waals surface area (Å²) in [7, 11) is 0. The second-order valence-electron chi connectivity index (χ2n) is 5.03.